The Kier molecular flexibility index (Phi) is 6.75. The molecule has 172 valence electrons. The van der Waals surface area contributed by atoms with Crippen molar-refractivity contribution in [1.82, 2.24) is 4.90 Å². The lowest BCUT2D eigenvalue weighted by Crippen LogP contribution is -2.27. The van der Waals surface area contributed by atoms with E-state index in [1.54, 1.807) is 41.8 Å². The lowest BCUT2D eigenvalue weighted by Gasteiger charge is -2.12. The molecule has 0 radical (unpaired) electrons. The number of imide groups is 1. The Morgan fingerprint density at radius 2 is 1.88 bits per heavy atom. The molecule has 1 aliphatic rings. The van der Waals surface area contributed by atoms with Gasteiger partial charge in [0.25, 0.3) is 16.8 Å². The van der Waals surface area contributed by atoms with Gasteiger partial charge in [-0.15, -0.1) is 11.3 Å². The van der Waals surface area contributed by atoms with Gasteiger partial charge in [0.1, 0.15) is 4.88 Å². The Morgan fingerprint density at radius 3 is 2.53 bits per heavy atom. The van der Waals surface area contributed by atoms with E-state index in [2.05, 4.69) is 0 Å². The van der Waals surface area contributed by atoms with Gasteiger partial charge in [0.15, 0.2) is 11.5 Å². The van der Waals surface area contributed by atoms with Gasteiger partial charge in [-0.25, -0.2) is 4.79 Å². The summed E-state index contributed by atoms with van der Waals surface area (Å²) in [7, 11) is 1.43. The number of benzene rings is 2. The predicted molar refractivity (Wildman–Crippen MR) is 127 cm³/mol. The molecule has 2 heterocycles. The molecule has 0 unspecified atom stereocenters. The topological polar surface area (TPSA) is 116 Å². The number of esters is 1. The maximum atomic E-state index is 12.8. The molecular formula is C23H16N2O7S2. The number of carbonyl (C=O) groups excluding carboxylic acids is 3. The Balaban J connectivity index is 1.50. The molecule has 0 atom stereocenters. The maximum absolute atomic E-state index is 12.8. The van der Waals surface area contributed by atoms with Crippen LogP contribution in [0.5, 0.6) is 11.5 Å². The van der Waals surface area contributed by atoms with Crippen LogP contribution in [-0.4, -0.2) is 34.0 Å². The molecule has 2 aromatic carbocycles. The van der Waals surface area contributed by atoms with Crippen molar-refractivity contribution in [3.8, 4) is 11.5 Å². The Bertz CT molecular complexity index is 1300. The first kappa shape index (κ1) is 23.2. The van der Waals surface area contributed by atoms with E-state index in [0.29, 0.717) is 21.8 Å². The summed E-state index contributed by atoms with van der Waals surface area (Å²) in [6.45, 7) is 0.000924. The molecule has 0 saturated carbocycles. The smallest absolute Gasteiger partial charge is 0.353 e. The highest BCUT2D eigenvalue weighted by molar-refractivity contribution is 8.18. The third-order valence-electron chi connectivity index (χ3n) is 4.77. The van der Waals surface area contributed by atoms with Crippen molar-refractivity contribution in [2.24, 2.45) is 0 Å². The van der Waals surface area contributed by atoms with E-state index in [0.717, 1.165) is 16.7 Å². The van der Waals surface area contributed by atoms with Crippen molar-refractivity contribution in [2.45, 2.75) is 6.54 Å². The highest BCUT2D eigenvalue weighted by Crippen LogP contribution is 2.35. The number of amides is 2. The van der Waals surface area contributed by atoms with Crippen molar-refractivity contribution in [2.75, 3.05) is 7.11 Å². The van der Waals surface area contributed by atoms with E-state index in [1.165, 1.54) is 42.7 Å². The fourth-order valence-corrected chi connectivity index (χ4v) is 4.53. The molecule has 11 heteroatoms. The van der Waals surface area contributed by atoms with E-state index in [1.807, 2.05) is 0 Å². The quantitative estimate of drug-likeness (QED) is 0.145. The van der Waals surface area contributed by atoms with Crippen LogP contribution in [0, 0.1) is 10.1 Å². The van der Waals surface area contributed by atoms with Gasteiger partial charge in [-0.05, 0) is 52.5 Å². The van der Waals surface area contributed by atoms with Crippen molar-refractivity contribution >= 4 is 52.0 Å². The number of thiophene rings is 1. The van der Waals surface area contributed by atoms with Crippen molar-refractivity contribution < 1.29 is 28.8 Å². The highest BCUT2D eigenvalue weighted by Gasteiger charge is 2.35. The number of hydrogen-bond acceptors (Lipinski definition) is 9. The number of hydrogen-bond donors (Lipinski definition) is 0. The summed E-state index contributed by atoms with van der Waals surface area (Å²) in [5.74, 6) is -0.456. The lowest BCUT2D eigenvalue weighted by molar-refractivity contribution is -0.384. The molecule has 1 aliphatic heterocycles. The van der Waals surface area contributed by atoms with Crippen LogP contribution in [0.2, 0.25) is 0 Å². The molecule has 4 rings (SSSR count). The Hall–Kier alpha value is -3.96. The number of rotatable bonds is 7. The Morgan fingerprint density at radius 1 is 1.12 bits per heavy atom. The van der Waals surface area contributed by atoms with Gasteiger partial charge < -0.3 is 9.47 Å². The minimum Gasteiger partial charge on any atom is -0.493 e. The van der Waals surface area contributed by atoms with Crippen LogP contribution < -0.4 is 9.47 Å². The molecule has 2 amide bonds. The average molecular weight is 497 g/mol. The van der Waals surface area contributed by atoms with E-state index >= 15 is 0 Å². The number of methoxy groups -OCH3 is 1. The van der Waals surface area contributed by atoms with Gasteiger partial charge in [0.2, 0.25) is 0 Å². The second kappa shape index (κ2) is 9.89. The van der Waals surface area contributed by atoms with Gasteiger partial charge in [-0.2, -0.15) is 0 Å². The second-order valence-electron chi connectivity index (χ2n) is 6.97. The van der Waals surface area contributed by atoms with Gasteiger partial charge in [-0.1, -0.05) is 24.3 Å². The van der Waals surface area contributed by atoms with Crippen LogP contribution in [0.15, 0.2) is 64.9 Å². The number of carbonyl (C=O) groups is 3. The zero-order valence-electron chi connectivity index (χ0n) is 17.6. The molecule has 0 aliphatic carbocycles. The zero-order chi connectivity index (χ0) is 24.2. The summed E-state index contributed by atoms with van der Waals surface area (Å²) in [5, 5.41) is 12.1. The SMILES string of the molecule is COc1cc(/C=C2\SC(=O)N(Cc3ccc([N+](=O)[O-])cc3)C2=O)ccc1OC(=O)c1cccs1. The minimum atomic E-state index is -0.519. The fraction of sp³-hybridized carbons (Fsp3) is 0.0870. The van der Waals surface area contributed by atoms with Crippen LogP contribution in [0.3, 0.4) is 0 Å². The second-order valence-corrected chi connectivity index (χ2v) is 8.91. The first-order valence-electron chi connectivity index (χ1n) is 9.78. The number of thioether (sulfide) groups is 1. The van der Waals surface area contributed by atoms with Crippen molar-refractivity contribution in [3.05, 3.63) is 91.0 Å². The third-order valence-corrected chi connectivity index (χ3v) is 6.53. The maximum Gasteiger partial charge on any atom is 0.353 e. The molecule has 1 aromatic heterocycles. The summed E-state index contributed by atoms with van der Waals surface area (Å²) >= 11 is 2.06. The summed E-state index contributed by atoms with van der Waals surface area (Å²) < 4.78 is 10.7. The largest absolute Gasteiger partial charge is 0.493 e. The number of nitro benzene ring substituents is 1. The van der Waals surface area contributed by atoms with E-state index in [-0.39, 0.29) is 22.9 Å². The normalized spacial score (nSPS) is 14.5. The van der Waals surface area contributed by atoms with E-state index in [4.69, 9.17) is 9.47 Å². The molecular weight excluding hydrogens is 480 g/mol. The lowest BCUT2D eigenvalue weighted by atomic mass is 10.1. The van der Waals surface area contributed by atoms with Crippen LogP contribution >= 0.6 is 23.1 Å². The first-order chi connectivity index (χ1) is 16.4. The van der Waals surface area contributed by atoms with Gasteiger partial charge in [0, 0.05) is 12.1 Å². The molecule has 3 aromatic rings. The van der Waals surface area contributed by atoms with Crippen LogP contribution in [0.1, 0.15) is 20.8 Å². The number of nitrogens with zero attached hydrogens (tertiary/aromatic N) is 2. The van der Waals surface area contributed by atoms with Crippen LogP contribution in [0.25, 0.3) is 6.08 Å². The molecule has 0 spiro atoms. The summed E-state index contributed by atoms with van der Waals surface area (Å²) in [5.41, 5.74) is 1.09. The number of ether oxygens (including phenoxy) is 2. The molecule has 1 saturated heterocycles. The van der Waals surface area contributed by atoms with Crippen LogP contribution in [0.4, 0.5) is 10.5 Å². The van der Waals surface area contributed by atoms with Crippen molar-refractivity contribution in [1.29, 1.82) is 0 Å². The monoisotopic (exact) mass is 496 g/mol. The fourth-order valence-electron chi connectivity index (χ4n) is 3.10. The zero-order valence-corrected chi connectivity index (χ0v) is 19.3. The van der Waals surface area contributed by atoms with Gasteiger partial charge in [0.05, 0.1) is 23.5 Å². The highest BCUT2D eigenvalue weighted by atomic mass is 32.2. The standard InChI is InChI=1S/C23H16N2O7S2/c1-31-18-11-15(6-9-17(18)32-22(27)19-3-2-10-33-19)12-20-21(26)24(23(28)34-20)13-14-4-7-16(8-5-14)25(29)30/h2-12H,13H2,1H3/b20-12-. The summed E-state index contributed by atoms with van der Waals surface area (Å²) in [6, 6.07) is 13.9. The van der Waals surface area contributed by atoms with Gasteiger partial charge >= 0.3 is 5.97 Å². The number of nitro groups is 1. The Labute approximate surface area is 201 Å². The molecule has 0 bridgehead atoms. The predicted octanol–water partition coefficient (Wildman–Crippen LogP) is 5.12. The van der Waals surface area contributed by atoms with Crippen molar-refractivity contribution in [3.63, 3.8) is 0 Å². The van der Waals surface area contributed by atoms with E-state index < -0.39 is 22.0 Å². The molecule has 9 nitrogen and oxygen atoms in total. The van der Waals surface area contributed by atoms with Crippen LogP contribution in [-0.2, 0) is 11.3 Å². The molecule has 34 heavy (non-hydrogen) atoms. The number of non-ortho nitro benzene ring substituents is 1. The summed E-state index contributed by atoms with van der Waals surface area (Å²) in [6.07, 6.45) is 1.55. The molecule has 1 fully saturated rings. The first-order valence-corrected chi connectivity index (χ1v) is 11.5. The average Bonchev–Trinajstić information content (AvgIpc) is 3.45. The van der Waals surface area contributed by atoms with E-state index in [9.17, 15) is 24.5 Å². The minimum absolute atomic E-state index is 0.000924. The third kappa shape index (κ3) is 5.00. The molecule has 0 N–H and O–H groups in total. The van der Waals surface area contributed by atoms with Gasteiger partial charge in [-0.3, -0.25) is 24.6 Å². The summed E-state index contributed by atoms with van der Waals surface area (Å²) in [4.78, 5) is 49.5.